The van der Waals surface area contributed by atoms with Gasteiger partial charge in [-0.15, -0.1) is 0 Å². The lowest BCUT2D eigenvalue weighted by atomic mass is 9.67. The molecule has 1 saturated carbocycles. The summed E-state index contributed by atoms with van der Waals surface area (Å²) in [4.78, 5) is 13.6. The summed E-state index contributed by atoms with van der Waals surface area (Å²) >= 11 is 0. The minimum Gasteiger partial charge on any atom is -0.444 e. The Labute approximate surface area is 119 Å². The normalized spacial score (nSPS) is 25.6. The number of likely N-dealkylation sites (tertiary alicyclic amines) is 1. The number of amides is 1. The predicted molar refractivity (Wildman–Crippen MR) is 72.9 cm³/mol. The molecule has 3 nitrogen and oxygen atoms in total. The van der Waals surface area contributed by atoms with E-state index >= 15 is 0 Å². The molecule has 1 amide bonds. The largest absolute Gasteiger partial charge is 0.444 e. The molecule has 2 fully saturated rings. The van der Waals surface area contributed by atoms with Gasteiger partial charge in [0.05, 0.1) is 5.41 Å². The topological polar surface area (TPSA) is 29.5 Å². The zero-order chi connectivity index (χ0) is 15.0. The van der Waals surface area contributed by atoms with E-state index in [1.807, 2.05) is 0 Å². The van der Waals surface area contributed by atoms with Crippen molar-refractivity contribution in [1.82, 2.24) is 4.90 Å². The zero-order valence-corrected chi connectivity index (χ0v) is 12.7. The van der Waals surface area contributed by atoms with E-state index < -0.39 is 23.0 Å². The number of carbonyl (C=O) groups is 1. The van der Waals surface area contributed by atoms with E-state index in [2.05, 4.69) is 0 Å². The fourth-order valence-corrected chi connectivity index (χ4v) is 3.34. The molecule has 2 rings (SSSR count). The number of hydrogen-bond donors (Lipinski definition) is 0. The van der Waals surface area contributed by atoms with Gasteiger partial charge in [-0.25, -0.2) is 13.6 Å². The second-order valence-corrected chi connectivity index (χ2v) is 7.20. The highest BCUT2D eigenvalue weighted by Crippen LogP contribution is 2.52. The maximum absolute atomic E-state index is 14.3. The highest BCUT2D eigenvalue weighted by Gasteiger charge is 2.57. The Bertz CT molecular complexity index is 371. The van der Waals surface area contributed by atoms with Crippen LogP contribution in [0.3, 0.4) is 0 Å². The SMILES string of the molecule is CC(C)(C)OC(=O)N1CCC(F)(F)C2(CCCCC2)C1. The van der Waals surface area contributed by atoms with Crippen molar-refractivity contribution in [2.75, 3.05) is 13.1 Å². The van der Waals surface area contributed by atoms with Gasteiger partial charge in [-0.05, 0) is 33.6 Å². The molecule has 116 valence electrons. The van der Waals surface area contributed by atoms with Crippen molar-refractivity contribution in [3.63, 3.8) is 0 Å². The molecule has 0 N–H and O–H groups in total. The van der Waals surface area contributed by atoms with Crippen LogP contribution in [0.2, 0.25) is 0 Å². The molecule has 1 aliphatic carbocycles. The van der Waals surface area contributed by atoms with E-state index in [1.54, 1.807) is 20.8 Å². The van der Waals surface area contributed by atoms with Crippen LogP contribution >= 0.6 is 0 Å². The Morgan fingerprint density at radius 3 is 2.25 bits per heavy atom. The number of piperidine rings is 1. The highest BCUT2D eigenvalue weighted by molar-refractivity contribution is 5.68. The Morgan fingerprint density at radius 1 is 1.10 bits per heavy atom. The molecule has 0 unspecified atom stereocenters. The summed E-state index contributed by atoms with van der Waals surface area (Å²) < 4.78 is 34.0. The fraction of sp³-hybridized carbons (Fsp3) is 0.933. The first-order valence-electron chi connectivity index (χ1n) is 7.51. The summed E-state index contributed by atoms with van der Waals surface area (Å²) in [5.41, 5.74) is -1.61. The van der Waals surface area contributed by atoms with Gasteiger partial charge in [-0.3, -0.25) is 0 Å². The quantitative estimate of drug-likeness (QED) is 0.668. The molecule has 0 aromatic rings. The number of nitrogens with zero attached hydrogens (tertiary/aromatic N) is 1. The first-order valence-corrected chi connectivity index (χ1v) is 7.51. The molecular formula is C15H25F2NO2. The molecule has 0 aromatic carbocycles. The number of alkyl halides is 2. The summed E-state index contributed by atoms with van der Waals surface area (Å²) in [7, 11) is 0. The Kier molecular flexibility index (Phi) is 4.00. The van der Waals surface area contributed by atoms with Crippen LogP contribution < -0.4 is 0 Å². The Morgan fingerprint density at radius 2 is 1.70 bits per heavy atom. The van der Waals surface area contributed by atoms with Crippen LogP contribution in [0, 0.1) is 5.41 Å². The molecule has 1 aliphatic heterocycles. The maximum Gasteiger partial charge on any atom is 0.410 e. The van der Waals surface area contributed by atoms with Gasteiger partial charge in [0.15, 0.2) is 0 Å². The van der Waals surface area contributed by atoms with Crippen molar-refractivity contribution in [2.24, 2.45) is 5.41 Å². The van der Waals surface area contributed by atoms with Crippen molar-refractivity contribution < 1.29 is 18.3 Å². The summed E-state index contributed by atoms with van der Waals surface area (Å²) in [5.74, 6) is -2.66. The summed E-state index contributed by atoms with van der Waals surface area (Å²) in [6.07, 6.45) is 3.00. The lowest BCUT2D eigenvalue weighted by molar-refractivity contribution is -0.177. The van der Waals surface area contributed by atoms with Crippen LogP contribution in [-0.4, -0.2) is 35.6 Å². The van der Waals surface area contributed by atoms with Gasteiger partial charge < -0.3 is 9.64 Å². The molecule has 0 bridgehead atoms. The van der Waals surface area contributed by atoms with Crippen LogP contribution in [0.4, 0.5) is 13.6 Å². The van der Waals surface area contributed by atoms with E-state index in [9.17, 15) is 13.6 Å². The van der Waals surface area contributed by atoms with E-state index in [0.717, 1.165) is 19.3 Å². The molecule has 2 aliphatic rings. The van der Waals surface area contributed by atoms with Crippen molar-refractivity contribution in [1.29, 1.82) is 0 Å². The first kappa shape index (κ1) is 15.5. The van der Waals surface area contributed by atoms with Gasteiger partial charge in [-0.1, -0.05) is 19.3 Å². The molecule has 0 aromatic heterocycles. The highest BCUT2D eigenvalue weighted by atomic mass is 19.3. The number of ether oxygens (including phenoxy) is 1. The van der Waals surface area contributed by atoms with Crippen LogP contribution in [0.25, 0.3) is 0 Å². The van der Waals surface area contributed by atoms with Crippen LogP contribution in [-0.2, 0) is 4.74 Å². The Hall–Kier alpha value is -0.870. The van der Waals surface area contributed by atoms with Crippen molar-refractivity contribution in [3.8, 4) is 0 Å². The number of rotatable bonds is 0. The second kappa shape index (κ2) is 5.15. The fourth-order valence-electron chi connectivity index (χ4n) is 3.34. The molecular weight excluding hydrogens is 264 g/mol. The maximum atomic E-state index is 14.3. The summed E-state index contributed by atoms with van der Waals surface area (Å²) in [6, 6.07) is 0. The lowest BCUT2D eigenvalue weighted by Gasteiger charge is -2.49. The Balaban J connectivity index is 2.10. The molecule has 1 saturated heterocycles. The van der Waals surface area contributed by atoms with Gasteiger partial charge in [0.1, 0.15) is 5.60 Å². The van der Waals surface area contributed by atoms with Gasteiger partial charge in [0, 0.05) is 19.5 Å². The summed E-state index contributed by atoms with van der Waals surface area (Å²) in [6.45, 7) is 5.60. The third-order valence-electron chi connectivity index (χ3n) is 4.43. The predicted octanol–water partition coefficient (Wildman–Crippen LogP) is 4.21. The van der Waals surface area contributed by atoms with E-state index in [-0.39, 0.29) is 19.5 Å². The lowest BCUT2D eigenvalue weighted by Crippen LogP contribution is -2.58. The summed E-state index contributed by atoms with van der Waals surface area (Å²) in [5, 5.41) is 0. The van der Waals surface area contributed by atoms with Gasteiger partial charge >= 0.3 is 6.09 Å². The minimum absolute atomic E-state index is 0.0870. The van der Waals surface area contributed by atoms with E-state index in [4.69, 9.17) is 4.74 Å². The van der Waals surface area contributed by atoms with Crippen LogP contribution in [0.5, 0.6) is 0 Å². The van der Waals surface area contributed by atoms with Crippen molar-refractivity contribution in [3.05, 3.63) is 0 Å². The van der Waals surface area contributed by atoms with Gasteiger partial charge in [-0.2, -0.15) is 0 Å². The average Bonchev–Trinajstić information content (AvgIpc) is 2.32. The number of halogens is 2. The molecule has 20 heavy (non-hydrogen) atoms. The molecule has 1 heterocycles. The number of carbonyl (C=O) groups excluding carboxylic acids is 1. The smallest absolute Gasteiger partial charge is 0.410 e. The standard InChI is InChI=1S/C15H25F2NO2/c1-13(2,3)20-12(19)18-10-9-15(16,17)14(11-18)7-5-4-6-8-14/h4-11H2,1-3H3. The first-order chi connectivity index (χ1) is 9.15. The van der Waals surface area contributed by atoms with Gasteiger partial charge in [0.2, 0.25) is 0 Å². The molecule has 0 atom stereocenters. The van der Waals surface area contributed by atoms with Gasteiger partial charge in [0.25, 0.3) is 5.92 Å². The van der Waals surface area contributed by atoms with Crippen molar-refractivity contribution in [2.45, 2.75) is 70.8 Å². The third kappa shape index (κ3) is 3.07. The zero-order valence-electron chi connectivity index (χ0n) is 12.7. The van der Waals surface area contributed by atoms with E-state index in [1.165, 1.54) is 4.90 Å². The number of hydrogen-bond acceptors (Lipinski definition) is 2. The van der Waals surface area contributed by atoms with Crippen molar-refractivity contribution >= 4 is 6.09 Å². The van der Waals surface area contributed by atoms with E-state index in [0.29, 0.717) is 12.8 Å². The molecule has 1 spiro atoms. The van der Waals surface area contributed by atoms with Crippen LogP contribution in [0.15, 0.2) is 0 Å². The monoisotopic (exact) mass is 289 g/mol. The average molecular weight is 289 g/mol. The molecule has 0 radical (unpaired) electrons. The minimum atomic E-state index is -2.66. The third-order valence-corrected chi connectivity index (χ3v) is 4.43. The molecule has 5 heteroatoms. The van der Waals surface area contributed by atoms with Crippen LogP contribution in [0.1, 0.15) is 59.3 Å². The second-order valence-electron chi connectivity index (χ2n) is 7.20.